The van der Waals surface area contributed by atoms with Crippen LogP contribution in [0, 0.1) is 0 Å². The Hall–Kier alpha value is -2.28. The highest BCUT2D eigenvalue weighted by atomic mass is 16.5. The van der Waals surface area contributed by atoms with Crippen LogP contribution in [0.15, 0.2) is 29.3 Å². The predicted octanol–water partition coefficient (Wildman–Crippen LogP) is 2.07. The highest BCUT2D eigenvalue weighted by Crippen LogP contribution is 2.11. The first kappa shape index (κ1) is 22.8. The van der Waals surface area contributed by atoms with Gasteiger partial charge in [-0.1, -0.05) is 12.1 Å². The molecule has 0 atom stereocenters. The van der Waals surface area contributed by atoms with Crippen LogP contribution in [0.4, 0.5) is 0 Å². The molecule has 0 aromatic heterocycles. The minimum absolute atomic E-state index is 0.0949. The SMILES string of the molecule is CCNC(=NCC(=O)NC(C)(C)C)NCCCOCc1ccc(OC)cc1. The molecular formula is C20H34N4O3. The highest BCUT2D eigenvalue weighted by molar-refractivity contribution is 5.85. The lowest BCUT2D eigenvalue weighted by molar-refractivity contribution is -0.121. The van der Waals surface area contributed by atoms with Crippen LogP contribution in [0.1, 0.15) is 39.7 Å². The van der Waals surface area contributed by atoms with Crippen molar-refractivity contribution < 1.29 is 14.3 Å². The minimum atomic E-state index is -0.250. The maximum Gasteiger partial charge on any atom is 0.242 e. The molecule has 1 aromatic carbocycles. The highest BCUT2D eigenvalue weighted by Gasteiger charge is 2.13. The Balaban J connectivity index is 2.25. The van der Waals surface area contributed by atoms with Gasteiger partial charge in [-0.15, -0.1) is 0 Å². The molecule has 0 aliphatic heterocycles. The minimum Gasteiger partial charge on any atom is -0.497 e. The molecule has 27 heavy (non-hydrogen) atoms. The van der Waals surface area contributed by atoms with E-state index in [-0.39, 0.29) is 18.0 Å². The van der Waals surface area contributed by atoms with E-state index >= 15 is 0 Å². The summed E-state index contributed by atoms with van der Waals surface area (Å²) in [4.78, 5) is 16.2. The fourth-order valence-corrected chi connectivity index (χ4v) is 2.24. The molecule has 0 saturated heterocycles. The van der Waals surface area contributed by atoms with E-state index in [4.69, 9.17) is 9.47 Å². The number of carbonyl (C=O) groups is 1. The number of carbonyl (C=O) groups excluding carboxylic acids is 1. The van der Waals surface area contributed by atoms with Crippen LogP contribution in [0.5, 0.6) is 5.75 Å². The maximum absolute atomic E-state index is 11.9. The number of ether oxygens (including phenoxy) is 2. The molecule has 1 rings (SSSR count). The van der Waals surface area contributed by atoms with Gasteiger partial charge in [-0.05, 0) is 51.8 Å². The molecule has 7 heteroatoms. The average molecular weight is 379 g/mol. The van der Waals surface area contributed by atoms with Crippen molar-refractivity contribution >= 4 is 11.9 Å². The van der Waals surface area contributed by atoms with E-state index in [1.807, 2.05) is 52.0 Å². The monoisotopic (exact) mass is 378 g/mol. The second-order valence-electron chi connectivity index (χ2n) is 7.17. The number of guanidine groups is 1. The van der Waals surface area contributed by atoms with Gasteiger partial charge in [0.05, 0.1) is 13.7 Å². The molecule has 1 amide bonds. The number of nitrogens with zero attached hydrogens (tertiary/aromatic N) is 1. The van der Waals surface area contributed by atoms with Gasteiger partial charge in [-0.2, -0.15) is 0 Å². The molecular weight excluding hydrogens is 344 g/mol. The number of rotatable bonds is 10. The van der Waals surface area contributed by atoms with Crippen LogP contribution in [-0.4, -0.2) is 50.8 Å². The van der Waals surface area contributed by atoms with Crippen LogP contribution < -0.4 is 20.7 Å². The van der Waals surface area contributed by atoms with Gasteiger partial charge < -0.3 is 25.4 Å². The number of methoxy groups -OCH3 is 1. The molecule has 0 spiro atoms. The van der Waals surface area contributed by atoms with Gasteiger partial charge in [0.2, 0.25) is 5.91 Å². The summed E-state index contributed by atoms with van der Waals surface area (Å²) in [6.07, 6.45) is 0.842. The molecule has 152 valence electrons. The molecule has 1 aromatic rings. The van der Waals surface area contributed by atoms with Crippen molar-refractivity contribution in [1.82, 2.24) is 16.0 Å². The molecule has 0 heterocycles. The summed E-state index contributed by atoms with van der Waals surface area (Å²) in [6.45, 7) is 10.6. The van der Waals surface area contributed by atoms with Crippen molar-refractivity contribution in [1.29, 1.82) is 0 Å². The summed E-state index contributed by atoms with van der Waals surface area (Å²) in [5.41, 5.74) is 0.864. The quantitative estimate of drug-likeness (QED) is 0.330. The Morgan fingerprint density at radius 1 is 1.15 bits per heavy atom. The van der Waals surface area contributed by atoms with Crippen molar-refractivity contribution in [3.63, 3.8) is 0 Å². The first-order chi connectivity index (χ1) is 12.8. The lowest BCUT2D eigenvalue weighted by Crippen LogP contribution is -2.43. The first-order valence-electron chi connectivity index (χ1n) is 9.38. The molecule has 0 aliphatic carbocycles. The standard InChI is InChI=1S/C20H34N4O3/c1-6-21-19(23-14-18(25)24-20(2,3)4)22-12-7-13-27-15-16-8-10-17(26-5)11-9-16/h8-11H,6-7,12-15H2,1-5H3,(H,24,25)(H2,21,22,23). The summed E-state index contributed by atoms with van der Waals surface area (Å²) in [6, 6.07) is 7.84. The van der Waals surface area contributed by atoms with Gasteiger partial charge in [-0.25, -0.2) is 4.99 Å². The topological polar surface area (TPSA) is 84.0 Å². The smallest absolute Gasteiger partial charge is 0.242 e. The van der Waals surface area contributed by atoms with Crippen molar-refractivity contribution in [2.24, 2.45) is 4.99 Å². The summed E-state index contributed by atoms with van der Waals surface area (Å²) >= 11 is 0. The van der Waals surface area contributed by atoms with E-state index in [2.05, 4.69) is 20.9 Å². The summed E-state index contributed by atoms with van der Waals surface area (Å²) in [5, 5.41) is 9.24. The Labute approximate surface area is 162 Å². The van der Waals surface area contributed by atoms with Crippen LogP contribution in [0.3, 0.4) is 0 Å². The molecule has 0 radical (unpaired) electrons. The van der Waals surface area contributed by atoms with Crippen molar-refractivity contribution in [2.75, 3.05) is 33.4 Å². The zero-order valence-corrected chi connectivity index (χ0v) is 17.2. The Morgan fingerprint density at radius 3 is 2.44 bits per heavy atom. The van der Waals surface area contributed by atoms with Gasteiger partial charge >= 0.3 is 0 Å². The molecule has 7 nitrogen and oxygen atoms in total. The fraction of sp³-hybridized carbons (Fsp3) is 0.600. The third kappa shape index (κ3) is 11.1. The molecule has 3 N–H and O–H groups in total. The van der Waals surface area contributed by atoms with Gasteiger partial charge in [0.25, 0.3) is 0 Å². The van der Waals surface area contributed by atoms with E-state index in [0.29, 0.717) is 19.2 Å². The third-order valence-electron chi connectivity index (χ3n) is 3.43. The van der Waals surface area contributed by atoms with Crippen LogP contribution in [-0.2, 0) is 16.1 Å². The van der Waals surface area contributed by atoms with Gasteiger partial charge in [0.1, 0.15) is 12.3 Å². The number of nitrogens with one attached hydrogen (secondary N) is 3. The maximum atomic E-state index is 11.9. The van der Waals surface area contributed by atoms with E-state index < -0.39 is 0 Å². The number of amides is 1. The third-order valence-corrected chi connectivity index (χ3v) is 3.43. The summed E-state index contributed by atoms with van der Waals surface area (Å²) < 4.78 is 10.8. The first-order valence-corrected chi connectivity index (χ1v) is 9.38. The number of aliphatic imine (C=N–C) groups is 1. The van der Waals surface area contributed by atoms with Gasteiger partial charge in [0, 0.05) is 25.2 Å². The van der Waals surface area contributed by atoms with Gasteiger partial charge in [0.15, 0.2) is 5.96 Å². The van der Waals surface area contributed by atoms with E-state index in [1.165, 1.54) is 0 Å². The zero-order valence-electron chi connectivity index (χ0n) is 17.2. The average Bonchev–Trinajstić information content (AvgIpc) is 2.61. The normalized spacial score (nSPS) is 11.8. The predicted molar refractivity (Wildman–Crippen MR) is 109 cm³/mol. The molecule has 0 saturated carbocycles. The Kier molecular flexibility index (Phi) is 10.3. The van der Waals surface area contributed by atoms with Crippen LogP contribution in [0.2, 0.25) is 0 Å². The van der Waals surface area contributed by atoms with E-state index in [0.717, 1.165) is 30.8 Å². The zero-order chi connectivity index (χ0) is 20.1. The van der Waals surface area contributed by atoms with Gasteiger partial charge in [-0.3, -0.25) is 4.79 Å². The fourth-order valence-electron chi connectivity index (χ4n) is 2.24. The summed E-state index contributed by atoms with van der Waals surface area (Å²) in [7, 11) is 1.65. The number of hydrogen-bond donors (Lipinski definition) is 3. The Bertz CT molecular complexity index is 580. The van der Waals surface area contributed by atoms with Crippen LogP contribution in [0.25, 0.3) is 0 Å². The van der Waals surface area contributed by atoms with Crippen molar-refractivity contribution in [2.45, 2.75) is 46.3 Å². The van der Waals surface area contributed by atoms with Crippen molar-refractivity contribution in [3.05, 3.63) is 29.8 Å². The van der Waals surface area contributed by atoms with Crippen LogP contribution >= 0.6 is 0 Å². The molecule has 0 bridgehead atoms. The second kappa shape index (κ2) is 12.2. The Morgan fingerprint density at radius 2 is 1.85 bits per heavy atom. The van der Waals surface area contributed by atoms with E-state index in [1.54, 1.807) is 7.11 Å². The second-order valence-corrected chi connectivity index (χ2v) is 7.17. The molecule has 0 fully saturated rings. The van der Waals surface area contributed by atoms with E-state index in [9.17, 15) is 4.79 Å². The molecule has 0 unspecified atom stereocenters. The lowest BCUT2D eigenvalue weighted by atomic mass is 10.1. The lowest BCUT2D eigenvalue weighted by Gasteiger charge is -2.20. The van der Waals surface area contributed by atoms with Crippen molar-refractivity contribution in [3.8, 4) is 5.75 Å². The molecule has 0 aliphatic rings. The summed E-state index contributed by atoms with van der Waals surface area (Å²) in [5.74, 6) is 1.38. The number of benzene rings is 1. The number of hydrogen-bond acceptors (Lipinski definition) is 4. The largest absolute Gasteiger partial charge is 0.497 e.